The number of amides is 2. The number of aromatic nitrogens is 2. The summed E-state index contributed by atoms with van der Waals surface area (Å²) >= 11 is 0. The molecule has 2 saturated heterocycles. The van der Waals surface area contributed by atoms with Gasteiger partial charge in [-0.3, -0.25) is 24.6 Å². The highest BCUT2D eigenvalue weighted by atomic mass is 16.2. The maximum Gasteiger partial charge on any atom is 0.277 e. The summed E-state index contributed by atoms with van der Waals surface area (Å²) < 4.78 is 1.24. The third-order valence-electron chi connectivity index (χ3n) is 5.59. The lowest BCUT2D eigenvalue weighted by atomic mass is 10.1. The van der Waals surface area contributed by atoms with Gasteiger partial charge in [0.25, 0.3) is 11.5 Å². The van der Waals surface area contributed by atoms with Crippen LogP contribution in [0.15, 0.2) is 23.0 Å². The van der Waals surface area contributed by atoms with E-state index in [2.05, 4.69) is 25.9 Å². The molecule has 0 spiro atoms. The number of nitrogens with one attached hydrogen (secondary N) is 3. The number of fused-ring (bicyclic) bond motifs is 1. The molecule has 1 aromatic carbocycles. The van der Waals surface area contributed by atoms with Crippen LogP contribution in [0.5, 0.6) is 0 Å². The lowest BCUT2D eigenvalue weighted by Gasteiger charge is -2.27. The molecule has 1 aromatic heterocycles. The molecule has 0 saturated carbocycles. The number of nitrogens with zero attached hydrogens (tertiary/aromatic N) is 3. The first-order valence-corrected chi connectivity index (χ1v) is 10.1. The van der Waals surface area contributed by atoms with Gasteiger partial charge in [0, 0.05) is 56.8 Å². The molecule has 1 unspecified atom stereocenters. The fourth-order valence-electron chi connectivity index (χ4n) is 4.02. The van der Waals surface area contributed by atoms with E-state index in [4.69, 9.17) is 0 Å². The van der Waals surface area contributed by atoms with Crippen molar-refractivity contribution in [2.45, 2.75) is 25.8 Å². The number of anilines is 1. The lowest BCUT2D eigenvalue weighted by Crippen LogP contribution is -2.45. The summed E-state index contributed by atoms with van der Waals surface area (Å²) in [4.78, 5) is 39.4. The molecule has 4 rings (SSSR count). The lowest BCUT2D eigenvalue weighted by molar-refractivity contribution is -0.136. The minimum atomic E-state index is -0.766. The Kier molecular flexibility index (Phi) is 6.80. The van der Waals surface area contributed by atoms with E-state index < -0.39 is 11.9 Å². The van der Waals surface area contributed by atoms with Crippen molar-refractivity contribution in [3.05, 3.63) is 34.2 Å². The van der Waals surface area contributed by atoms with Crippen LogP contribution < -0.4 is 21.5 Å². The van der Waals surface area contributed by atoms with Crippen LogP contribution >= 0.6 is 0 Å². The van der Waals surface area contributed by atoms with Crippen molar-refractivity contribution in [3.63, 3.8) is 0 Å². The number of carbonyl (C=O) groups excluding carboxylic acids is 2. The summed E-state index contributed by atoms with van der Waals surface area (Å²) in [5.74, 6) is -0.786. The molecule has 2 aliphatic heterocycles. The van der Waals surface area contributed by atoms with Gasteiger partial charge < -0.3 is 16.1 Å². The van der Waals surface area contributed by atoms with Gasteiger partial charge in [0.1, 0.15) is 6.04 Å². The van der Waals surface area contributed by atoms with Gasteiger partial charge in [-0.15, -0.1) is 0 Å². The zero-order valence-electron chi connectivity index (χ0n) is 17.0. The number of carbonyl (C=O) groups is 2. The summed E-state index contributed by atoms with van der Waals surface area (Å²) in [5, 5.41) is 14.7. The number of hydrogen-bond acceptors (Lipinski definition) is 7. The maximum absolute atomic E-state index is 13.3. The zero-order valence-corrected chi connectivity index (χ0v) is 17.0. The first-order chi connectivity index (χ1) is 14.0. The molecule has 2 aromatic rings. The van der Waals surface area contributed by atoms with Crippen LogP contribution in [0.2, 0.25) is 0 Å². The van der Waals surface area contributed by atoms with E-state index in [1.807, 2.05) is 25.1 Å². The number of aryl methyl sites for hydroxylation is 1. The molecule has 0 aliphatic carbocycles. The van der Waals surface area contributed by atoms with Crippen molar-refractivity contribution in [3.8, 4) is 0 Å². The Morgan fingerprint density at radius 2 is 1.97 bits per heavy atom. The van der Waals surface area contributed by atoms with Gasteiger partial charge in [0.05, 0.1) is 11.1 Å². The van der Waals surface area contributed by atoms with Crippen molar-refractivity contribution in [1.82, 2.24) is 25.3 Å². The number of hydrogen-bond donors (Lipinski definition) is 3. The van der Waals surface area contributed by atoms with Gasteiger partial charge in [-0.25, -0.2) is 4.68 Å². The van der Waals surface area contributed by atoms with Gasteiger partial charge in [-0.05, 0) is 19.4 Å². The first-order valence-electron chi connectivity index (χ1n) is 10.1. The Morgan fingerprint density at radius 3 is 2.70 bits per heavy atom. The minimum absolute atomic E-state index is 0. The SMILES string of the molecule is Cc1nn(C2CCC(=O)NC2=O)c(=O)c2c(NCCN3CCNCC3)cccc12.O. The molecule has 10 nitrogen and oxygen atoms in total. The van der Waals surface area contributed by atoms with Gasteiger partial charge in [-0.2, -0.15) is 5.10 Å². The smallest absolute Gasteiger partial charge is 0.277 e. The van der Waals surface area contributed by atoms with Crippen molar-refractivity contribution in [2.75, 3.05) is 44.6 Å². The largest absolute Gasteiger partial charge is 0.412 e. The van der Waals surface area contributed by atoms with Crippen LogP contribution in [0, 0.1) is 6.92 Å². The van der Waals surface area contributed by atoms with Crippen molar-refractivity contribution < 1.29 is 15.1 Å². The monoisotopic (exact) mass is 416 g/mol. The zero-order chi connectivity index (χ0) is 20.4. The van der Waals surface area contributed by atoms with E-state index in [1.54, 1.807) is 0 Å². The van der Waals surface area contributed by atoms with Gasteiger partial charge in [0.2, 0.25) is 5.91 Å². The van der Waals surface area contributed by atoms with Crippen LogP contribution in [0.25, 0.3) is 10.8 Å². The molecule has 2 fully saturated rings. The summed E-state index contributed by atoms with van der Waals surface area (Å²) in [5.41, 5.74) is 1.11. The molecule has 162 valence electrons. The molecule has 0 bridgehead atoms. The highest BCUT2D eigenvalue weighted by Gasteiger charge is 2.30. The molecule has 3 heterocycles. The average Bonchev–Trinajstić information content (AvgIpc) is 2.72. The van der Waals surface area contributed by atoms with Crippen molar-refractivity contribution in [1.29, 1.82) is 0 Å². The topological polar surface area (TPSA) is 140 Å². The number of benzene rings is 1. The van der Waals surface area contributed by atoms with E-state index in [0.717, 1.165) is 50.3 Å². The summed E-state index contributed by atoms with van der Waals surface area (Å²) in [6.45, 7) is 7.47. The molecule has 2 aliphatic rings. The Labute approximate surface area is 173 Å². The summed E-state index contributed by atoms with van der Waals surface area (Å²) in [7, 11) is 0. The molecule has 30 heavy (non-hydrogen) atoms. The van der Waals surface area contributed by atoms with Crippen molar-refractivity contribution in [2.24, 2.45) is 0 Å². The summed E-state index contributed by atoms with van der Waals surface area (Å²) in [6, 6.07) is 4.89. The fourth-order valence-corrected chi connectivity index (χ4v) is 4.02. The molecule has 0 radical (unpaired) electrons. The Hall–Kier alpha value is -2.82. The molecular formula is C20H28N6O4. The van der Waals surface area contributed by atoms with Crippen LogP contribution in [0.1, 0.15) is 24.6 Å². The van der Waals surface area contributed by atoms with Gasteiger partial charge in [-0.1, -0.05) is 12.1 Å². The molecule has 5 N–H and O–H groups in total. The maximum atomic E-state index is 13.3. The van der Waals surface area contributed by atoms with E-state index >= 15 is 0 Å². The predicted molar refractivity (Wildman–Crippen MR) is 114 cm³/mol. The molecule has 2 amide bonds. The summed E-state index contributed by atoms with van der Waals surface area (Å²) in [6.07, 6.45) is 0.479. The second-order valence-electron chi connectivity index (χ2n) is 7.55. The fraction of sp³-hybridized carbons (Fsp3) is 0.500. The van der Waals surface area contributed by atoms with Crippen LogP contribution in [0.4, 0.5) is 5.69 Å². The van der Waals surface area contributed by atoms with Crippen LogP contribution in [-0.4, -0.2) is 71.2 Å². The van der Waals surface area contributed by atoms with Gasteiger partial charge in [0.15, 0.2) is 0 Å². The quantitative estimate of drug-likeness (QED) is 0.541. The third kappa shape index (κ3) is 4.35. The number of piperidine rings is 1. The van der Waals surface area contributed by atoms with Crippen molar-refractivity contribution >= 4 is 28.3 Å². The average molecular weight is 416 g/mol. The normalized spacial score (nSPS) is 20.0. The molecular weight excluding hydrogens is 388 g/mol. The highest BCUT2D eigenvalue weighted by molar-refractivity contribution is 6.00. The standard InChI is InChI=1S/C20H26N6O3.H2O/c1-13-14-3-2-4-15(22-9-12-25-10-7-21-8-11-25)18(14)20(29)26(24-13)16-5-6-17(27)23-19(16)28;/h2-4,16,21-22H,5-12H2,1H3,(H,23,27,28);1H2. The Bertz CT molecular complexity index is 999. The second-order valence-corrected chi connectivity index (χ2v) is 7.55. The molecule has 1 atom stereocenters. The van der Waals surface area contributed by atoms with E-state index in [1.165, 1.54) is 4.68 Å². The molecule has 10 heteroatoms. The number of rotatable bonds is 5. The van der Waals surface area contributed by atoms with E-state index in [0.29, 0.717) is 11.1 Å². The third-order valence-corrected chi connectivity index (χ3v) is 5.59. The minimum Gasteiger partial charge on any atom is -0.412 e. The Morgan fingerprint density at radius 1 is 1.20 bits per heavy atom. The second kappa shape index (κ2) is 9.33. The number of imide groups is 1. The van der Waals surface area contributed by atoms with Gasteiger partial charge >= 0.3 is 0 Å². The van der Waals surface area contributed by atoms with Crippen LogP contribution in [0.3, 0.4) is 0 Å². The Balaban J connectivity index is 0.00000256. The van der Waals surface area contributed by atoms with Crippen LogP contribution in [-0.2, 0) is 9.59 Å². The predicted octanol–water partition coefficient (Wildman–Crippen LogP) is -0.825. The van der Waals surface area contributed by atoms with E-state index in [9.17, 15) is 14.4 Å². The van der Waals surface area contributed by atoms with E-state index in [-0.39, 0.29) is 29.8 Å². The first kappa shape index (κ1) is 21.9. The highest BCUT2D eigenvalue weighted by Crippen LogP contribution is 2.24. The number of piperazine rings is 1.